The van der Waals surface area contributed by atoms with Crippen LogP contribution >= 0.6 is 0 Å². The lowest BCUT2D eigenvalue weighted by atomic mass is 9.76. The van der Waals surface area contributed by atoms with Gasteiger partial charge in [-0.1, -0.05) is 18.7 Å². The maximum atomic E-state index is 11.3. The van der Waals surface area contributed by atoms with Crippen molar-refractivity contribution in [2.24, 2.45) is 0 Å². The minimum Gasteiger partial charge on any atom is -0.465 e. The first-order valence-corrected chi connectivity index (χ1v) is 7.83. The number of esters is 1. The number of methoxy groups -OCH3 is 1. The molecule has 1 saturated carbocycles. The maximum absolute atomic E-state index is 11.3. The molecule has 1 fully saturated rings. The summed E-state index contributed by atoms with van der Waals surface area (Å²) >= 11 is 0. The SMILES string of the molecule is C=CS(=O)(=O)NC1CC(c2ccc(C(=O)OC)cc2)C1. The Morgan fingerprint density at radius 2 is 1.95 bits per heavy atom. The van der Waals surface area contributed by atoms with Crippen LogP contribution in [0.25, 0.3) is 0 Å². The summed E-state index contributed by atoms with van der Waals surface area (Å²) in [6, 6.07) is 7.18. The van der Waals surface area contributed by atoms with E-state index in [9.17, 15) is 13.2 Å². The fraction of sp³-hybridized carbons (Fsp3) is 0.357. The molecular formula is C14H17NO4S. The molecule has 0 aromatic heterocycles. The second-order valence-corrected chi connectivity index (χ2v) is 6.47. The third kappa shape index (κ3) is 3.26. The van der Waals surface area contributed by atoms with E-state index in [0.29, 0.717) is 11.5 Å². The predicted molar refractivity (Wildman–Crippen MR) is 75.8 cm³/mol. The highest BCUT2D eigenvalue weighted by Crippen LogP contribution is 2.37. The summed E-state index contributed by atoms with van der Waals surface area (Å²) in [5.74, 6) is -0.0407. The standard InChI is InChI=1S/C14H17NO4S/c1-3-20(17,18)15-13-8-12(9-13)10-4-6-11(7-5-10)14(16)19-2/h3-7,12-13,15H,1,8-9H2,2H3. The lowest BCUT2D eigenvalue weighted by Gasteiger charge is -2.35. The van der Waals surface area contributed by atoms with E-state index in [4.69, 9.17) is 0 Å². The van der Waals surface area contributed by atoms with Crippen LogP contribution in [0.2, 0.25) is 0 Å². The molecular weight excluding hydrogens is 278 g/mol. The smallest absolute Gasteiger partial charge is 0.337 e. The summed E-state index contributed by atoms with van der Waals surface area (Å²) in [5, 5.41) is 0.922. The van der Waals surface area contributed by atoms with Gasteiger partial charge in [-0.25, -0.2) is 17.9 Å². The van der Waals surface area contributed by atoms with Crippen LogP contribution in [0.1, 0.15) is 34.7 Å². The van der Waals surface area contributed by atoms with Crippen LogP contribution in [0.15, 0.2) is 36.3 Å². The Morgan fingerprint density at radius 3 is 2.45 bits per heavy atom. The lowest BCUT2D eigenvalue weighted by Crippen LogP contribution is -2.42. The van der Waals surface area contributed by atoms with Crippen LogP contribution in [0.5, 0.6) is 0 Å². The third-order valence-corrected chi connectivity index (χ3v) is 4.59. The van der Waals surface area contributed by atoms with Crippen LogP contribution in [0.4, 0.5) is 0 Å². The Kier molecular flexibility index (Phi) is 4.25. The van der Waals surface area contributed by atoms with Crippen molar-refractivity contribution < 1.29 is 17.9 Å². The number of sulfonamides is 1. The monoisotopic (exact) mass is 295 g/mol. The van der Waals surface area contributed by atoms with Gasteiger partial charge in [-0.3, -0.25) is 0 Å². The third-order valence-electron chi connectivity index (χ3n) is 3.49. The minimum absolute atomic E-state index is 0.0386. The van der Waals surface area contributed by atoms with E-state index >= 15 is 0 Å². The number of carbonyl (C=O) groups excluding carboxylic acids is 1. The maximum Gasteiger partial charge on any atom is 0.337 e. The minimum atomic E-state index is -3.35. The van der Waals surface area contributed by atoms with Crippen molar-refractivity contribution in [2.75, 3.05) is 7.11 Å². The Balaban J connectivity index is 1.93. The van der Waals surface area contributed by atoms with Gasteiger partial charge in [-0.15, -0.1) is 0 Å². The molecule has 0 spiro atoms. The average molecular weight is 295 g/mol. The zero-order chi connectivity index (χ0) is 14.8. The zero-order valence-electron chi connectivity index (χ0n) is 11.2. The molecule has 0 saturated heterocycles. The Bertz CT molecular complexity index is 601. The molecule has 6 heteroatoms. The van der Waals surface area contributed by atoms with Gasteiger partial charge in [0.15, 0.2) is 0 Å². The van der Waals surface area contributed by atoms with E-state index in [1.165, 1.54) is 7.11 Å². The zero-order valence-corrected chi connectivity index (χ0v) is 12.0. The van der Waals surface area contributed by atoms with E-state index in [-0.39, 0.29) is 12.0 Å². The largest absolute Gasteiger partial charge is 0.465 e. The van der Waals surface area contributed by atoms with Crippen molar-refractivity contribution in [1.82, 2.24) is 4.72 Å². The average Bonchev–Trinajstić information content (AvgIpc) is 2.42. The summed E-state index contributed by atoms with van der Waals surface area (Å²) in [7, 11) is -2.01. The number of hydrogen-bond acceptors (Lipinski definition) is 4. The van der Waals surface area contributed by atoms with Gasteiger partial charge in [0.25, 0.3) is 0 Å². The van der Waals surface area contributed by atoms with Gasteiger partial charge in [0.1, 0.15) is 0 Å². The van der Waals surface area contributed by atoms with Crippen molar-refractivity contribution in [3.8, 4) is 0 Å². The molecule has 2 rings (SSSR count). The molecule has 20 heavy (non-hydrogen) atoms. The van der Waals surface area contributed by atoms with Gasteiger partial charge >= 0.3 is 5.97 Å². The molecule has 1 aromatic rings. The highest BCUT2D eigenvalue weighted by molar-refractivity contribution is 7.92. The van der Waals surface area contributed by atoms with E-state index < -0.39 is 10.0 Å². The van der Waals surface area contributed by atoms with Crippen molar-refractivity contribution in [3.05, 3.63) is 47.4 Å². The van der Waals surface area contributed by atoms with Crippen LogP contribution in [-0.4, -0.2) is 27.5 Å². The summed E-state index contributed by atoms with van der Waals surface area (Å²) < 4.78 is 29.8. The number of benzene rings is 1. The summed E-state index contributed by atoms with van der Waals surface area (Å²) in [6.07, 6.45) is 1.51. The normalized spacial score (nSPS) is 21.9. The molecule has 1 aromatic carbocycles. The second kappa shape index (κ2) is 5.76. The molecule has 1 N–H and O–H groups in total. The summed E-state index contributed by atoms with van der Waals surface area (Å²) in [5.41, 5.74) is 1.62. The fourth-order valence-electron chi connectivity index (χ4n) is 2.28. The number of carbonyl (C=O) groups is 1. The van der Waals surface area contributed by atoms with Gasteiger partial charge in [-0.2, -0.15) is 0 Å². The molecule has 0 atom stereocenters. The fourth-order valence-corrected chi connectivity index (χ4v) is 3.03. The number of hydrogen-bond donors (Lipinski definition) is 1. The van der Waals surface area contributed by atoms with E-state index in [2.05, 4.69) is 16.0 Å². The second-order valence-electron chi connectivity index (χ2n) is 4.81. The Labute approximate surface area is 118 Å². The molecule has 0 radical (unpaired) electrons. The van der Waals surface area contributed by atoms with Crippen molar-refractivity contribution in [2.45, 2.75) is 24.8 Å². The van der Waals surface area contributed by atoms with E-state index in [1.54, 1.807) is 12.1 Å². The van der Waals surface area contributed by atoms with Gasteiger partial charge in [0.2, 0.25) is 10.0 Å². The number of nitrogens with one attached hydrogen (secondary N) is 1. The van der Waals surface area contributed by atoms with Crippen molar-refractivity contribution in [3.63, 3.8) is 0 Å². The molecule has 0 amide bonds. The van der Waals surface area contributed by atoms with Crippen LogP contribution in [-0.2, 0) is 14.8 Å². The van der Waals surface area contributed by atoms with Crippen LogP contribution < -0.4 is 4.72 Å². The first-order chi connectivity index (χ1) is 9.45. The van der Waals surface area contributed by atoms with Crippen LogP contribution in [0, 0.1) is 0 Å². The van der Waals surface area contributed by atoms with Crippen molar-refractivity contribution >= 4 is 16.0 Å². The van der Waals surface area contributed by atoms with E-state index in [0.717, 1.165) is 23.8 Å². The predicted octanol–water partition coefficient (Wildman–Crippen LogP) is 1.78. The Morgan fingerprint density at radius 1 is 1.35 bits per heavy atom. The summed E-state index contributed by atoms with van der Waals surface area (Å²) in [6.45, 7) is 3.26. The van der Waals surface area contributed by atoms with Crippen molar-refractivity contribution in [1.29, 1.82) is 0 Å². The van der Waals surface area contributed by atoms with E-state index in [1.807, 2.05) is 12.1 Å². The molecule has 5 nitrogen and oxygen atoms in total. The van der Waals surface area contributed by atoms with Gasteiger partial charge in [0.05, 0.1) is 12.7 Å². The highest BCUT2D eigenvalue weighted by Gasteiger charge is 2.32. The summed E-state index contributed by atoms with van der Waals surface area (Å²) in [4.78, 5) is 11.3. The molecule has 0 aliphatic heterocycles. The molecule has 0 unspecified atom stereocenters. The van der Waals surface area contributed by atoms with Crippen LogP contribution in [0.3, 0.4) is 0 Å². The van der Waals surface area contributed by atoms with Gasteiger partial charge in [-0.05, 0) is 36.5 Å². The number of ether oxygens (including phenoxy) is 1. The molecule has 1 aliphatic rings. The van der Waals surface area contributed by atoms with Gasteiger partial charge in [0, 0.05) is 11.4 Å². The quantitative estimate of drug-likeness (QED) is 0.840. The first-order valence-electron chi connectivity index (χ1n) is 6.28. The number of rotatable bonds is 5. The van der Waals surface area contributed by atoms with Gasteiger partial charge < -0.3 is 4.74 Å². The molecule has 1 aliphatic carbocycles. The highest BCUT2D eigenvalue weighted by atomic mass is 32.2. The molecule has 108 valence electrons. The lowest BCUT2D eigenvalue weighted by molar-refractivity contribution is 0.0600. The molecule has 0 bridgehead atoms. The Hall–Kier alpha value is -1.66. The first kappa shape index (κ1) is 14.7. The molecule has 0 heterocycles. The topological polar surface area (TPSA) is 72.5 Å².